The van der Waals surface area contributed by atoms with Crippen LogP contribution >= 0.6 is 34.8 Å². The highest BCUT2D eigenvalue weighted by atomic mass is 35.5. The van der Waals surface area contributed by atoms with E-state index in [1.807, 2.05) is 0 Å². The Kier molecular flexibility index (Phi) is 4.04. The molecule has 1 aromatic heterocycles. The summed E-state index contributed by atoms with van der Waals surface area (Å²) in [5.41, 5.74) is -0.454. The second-order valence-electron chi connectivity index (χ2n) is 3.97. The summed E-state index contributed by atoms with van der Waals surface area (Å²) in [5.74, 6) is 0. The fourth-order valence-corrected chi connectivity index (χ4v) is 2.56. The lowest BCUT2D eigenvalue weighted by molar-refractivity contribution is 0.578. The quantitative estimate of drug-likeness (QED) is 0.865. The van der Waals surface area contributed by atoms with Gasteiger partial charge in [0.1, 0.15) is 5.15 Å². The van der Waals surface area contributed by atoms with E-state index in [2.05, 4.69) is 4.98 Å². The van der Waals surface area contributed by atoms with E-state index in [-0.39, 0.29) is 5.15 Å². The van der Waals surface area contributed by atoms with Crippen LogP contribution in [0.5, 0.6) is 0 Å². The number of rotatable bonds is 2. The van der Waals surface area contributed by atoms with Crippen molar-refractivity contribution in [3.63, 3.8) is 0 Å². The van der Waals surface area contributed by atoms with E-state index in [0.29, 0.717) is 15.6 Å². The van der Waals surface area contributed by atoms with Crippen LogP contribution in [-0.4, -0.2) is 9.55 Å². The van der Waals surface area contributed by atoms with Crippen molar-refractivity contribution in [2.45, 2.75) is 13.0 Å². The first kappa shape index (κ1) is 14.2. The predicted molar refractivity (Wildman–Crippen MR) is 76.6 cm³/mol. The van der Waals surface area contributed by atoms with Gasteiger partial charge in [-0.05, 0) is 24.6 Å². The number of hydrogen-bond acceptors (Lipinski definition) is 2. The van der Waals surface area contributed by atoms with Gasteiger partial charge in [0, 0.05) is 16.1 Å². The van der Waals surface area contributed by atoms with Crippen molar-refractivity contribution >= 4 is 34.8 Å². The minimum atomic E-state index is -0.587. The van der Waals surface area contributed by atoms with Gasteiger partial charge in [0.15, 0.2) is 0 Å². The summed E-state index contributed by atoms with van der Waals surface area (Å²) in [4.78, 5) is 26.0. The van der Waals surface area contributed by atoms with Crippen molar-refractivity contribution in [2.75, 3.05) is 0 Å². The molecule has 0 amide bonds. The molecule has 1 aromatic carbocycles. The summed E-state index contributed by atoms with van der Waals surface area (Å²) in [6.07, 6.45) is 0. The van der Waals surface area contributed by atoms with Crippen molar-refractivity contribution in [1.82, 2.24) is 9.55 Å². The molecule has 7 heteroatoms. The molecule has 100 valence electrons. The normalized spacial score (nSPS) is 12.4. The van der Waals surface area contributed by atoms with E-state index in [1.54, 1.807) is 25.1 Å². The van der Waals surface area contributed by atoms with E-state index >= 15 is 0 Å². The van der Waals surface area contributed by atoms with Crippen molar-refractivity contribution in [2.24, 2.45) is 0 Å². The molecule has 1 N–H and O–H groups in total. The molecule has 0 bridgehead atoms. The first-order chi connectivity index (χ1) is 8.90. The molecule has 2 rings (SSSR count). The molecule has 0 fully saturated rings. The molecule has 4 nitrogen and oxygen atoms in total. The number of hydrogen-bond donors (Lipinski definition) is 1. The van der Waals surface area contributed by atoms with Crippen molar-refractivity contribution < 1.29 is 0 Å². The molecule has 0 aliphatic rings. The fourth-order valence-electron chi connectivity index (χ4n) is 1.82. The Labute approximate surface area is 123 Å². The zero-order chi connectivity index (χ0) is 14.2. The van der Waals surface area contributed by atoms with E-state index in [9.17, 15) is 9.59 Å². The molecule has 0 aliphatic carbocycles. The third-order valence-corrected chi connectivity index (χ3v) is 3.50. The Morgan fingerprint density at radius 2 is 1.84 bits per heavy atom. The van der Waals surface area contributed by atoms with Crippen LogP contribution in [0.1, 0.15) is 18.5 Å². The summed E-state index contributed by atoms with van der Waals surface area (Å²) in [5, 5.41) is 0.875. The molecule has 0 saturated carbocycles. The van der Waals surface area contributed by atoms with Gasteiger partial charge in [-0.25, -0.2) is 4.79 Å². The highest BCUT2D eigenvalue weighted by Crippen LogP contribution is 2.27. The minimum absolute atomic E-state index is 0.000605. The number of nitrogens with zero attached hydrogens (tertiary/aromatic N) is 1. The largest absolute Gasteiger partial charge is 0.330 e. The lowest BCUT2D eigenvalue weighted by Gasteiger charge is -2.15. The summed E-state index contributed by atoms with van der Waals surface area (Å²) in [6.45, 7) is 1.69. The topological polar surface area (TPSA) is 54.9 Å². The molecule has 1 heterocycles. The minimum Gasteiger partial charge on any atom is -0.298 e. The standard InChI is InChI=1S/C12H9Cl3N2O2/c1-6(8-3-2-7(13)4-9(8)14)17-11(18)5-10(15)16-12(17)19/h2-6H,1H3,(H,16,19). The molecule has 0 radical (unpaired) electrons. The maximum absolute atomic E-state index is 11.8. The number of H-pyrrole nitrogens is 1. The van der Waals surface area contributed by atoms with Crippen LogP contribution in [0.4, 0.5) is 0 Å². The van der Waals surface area contributed by atoms with E-state index in [0.717, 1.165) is 10.6 Å². The van der Waals surface area contributed by atoms with Crippen LogP contribution in [0.3, 0.4) is 0 Å². The number of aromatic nitrogens is 2. The fraction of sp³-hybridized carbons (Fsp3) is 0.167. The van der Waals surface area contributed by atoms with Gasteiger partial charge < -0.3 is 0 Å². The first-order valence-electron chi connectivity index (χ1n) is 5.36. The van der Waals surface area contributed by atoms with Gasteiger partial charge in [-0.3, -0.25) is 14.3 Å². The molecule has 1 atom stereocenters. The second-order valence-corrected chi connectivity index (χ2v) is 5.22. The maximum Gasteiger partial charge on any atom is 0.330 e. The predicted octanol–water partition coefficient (Wildman–Crippen LogP) is 3.11. The van der Waals surface area contributed by atoms with Gasteiger partial charge in [0.05, 0.1) is 6.04 Å². The molecule has 19 heavy (non-hydrogen) atoms. The van der Waals surface area contributed by atoms with Gasteiger partial charge in [-0.2, -0.15) is 0 Å². The average Bonchev–Trinajstić information content (AvgIpc) is 2.26. The van der Waals surface area contributed by atoms with Crippen molar-refractivity contribution in [1.29, 1.82) is 0 Å². The second kappa shape index (κ2) is 5.41. The molecule has 0 spiro atoms. The van der Waals surface area contributed by atoms with Crippen molar-refractivity contribution in [3.8, 4) is 0 Å². The molecule has 0 saturated heterocycles. The number of halogens is 3. The average molecular weight is 320 g/mol. The Morgan fingerprint density at radius 1 is 1.16 bits per heavy atom. The smallest absolute Gasteiger partial charge is 0.298 e. The number of aromatic amines is 1. The SMILES string of the molecule is CC(c1ccc(Cl)cc1Cl)n1c(=O)cc(Cl)[nH]c1=O. The third kappa shape index (κ3) is 2.86. The summed E-state index contributed by atoms with van der Waals surface area (Å²) < 4.78 is 1.04. The van der Waals surface area contributed by atoms with Crippen LogP contribution in [0.15, 0.2) is 33.9 Å². The Bertz CT molecular complexity index is 705. The van der Waals surface area contributed by atoms with Gasteiger partial charge in [-0.1, -0.05) is 40.9 Å². The van der Waals surface area contributed by atoms with Crippen molar-refractivity contribution in [3.05, 3.63) is 65.9 Å². The van der Waals surface area contributed by atoms with Gasteiger partial charge >= 0.3 is 5.69 Å². The summed E-state index contributed by atoms with van der Waals surface area (Å²) >= 11 is 17.5. The third-order valence-electron chi connectivity index (χ3n) is 2.73. The van der Waals surface area contributed by atoms with Crippen LogP contribution in [-0.2, 0) is 0 Å². The van der Waals surface area contributed by atoms with E-state index in [1.165, 1.54) is 0 Å². The first-order valence-corrected chi connectivity index (χ1v) is 6.50. The lowest BCUT2D eigenvalue weighted by Crippen LogP contribution is -2.37. The monoisotopic (exact) mass is 318 g/mol. The summed E-state index contributed by atoms with van der Waals surface area (Å²) in [6, 6.07) is 5.50. The zero-order valence-corrected chi connectivity index (χ0v) is 12.1. The van der Waals surface area contributed by atoms with E-state index < -0.39 is 17.3 Å². The molecular formula is C12H9Cl3N2O2. The Morgan fingerprint density at radius 3 is 2.42 bits per heavy atom. The summed E-state index contributed by atoms with van der Waals surface area (Å²) in [7, 11) is 0. The molecule has 1 unspecified atom stereocenters. The number of benzene rings is 1. The van der Waals surface area contributed by atoms with Gasteiger partial charge in [0.2, 0.25) is 0 Å². The molecular weight excluding hydrogens is 311 g/mol. The molecule has 2 aromatic rings. The Balaban J connectivity index is 2.59. The van der Waals surface area contributed by atoms with Crippen LogP contribution in [0, 0.1) is 0 Å². The van der Waals surface area contributed by atoms with Crippen LogP contribution < -0.4 is 11.2 Å². The number of nitrogens with one attached hydrogen (secondary N) is 1. The highest BCUT2D eigenvalue weighted by molar-refractivity contribution is 6.35. The lowest BCUT2D eigenvalue weighted by atomic mass is 10.1. The zero-order valence-electron chi connectivity index (χ0n) is 9.78. The Hall–Kier alpha value is -1.23. The van der Waals surface area contributed by atoms with Crippen LogP contribution in [0.25, 0.3) is 0 Å². The molecule has 0 aliphatic heterocycles. The van der Waals surface area contributed by atoms with Gasteiger partial charge in [-0.15, -0.1) is 0 Å². The van der Waals surface area contributed by atoms with E-state index in [4.69, 9.17) is 34.8 Å². The highest BCUT2D eigenvalue weighted by Gasteiger charge is 2.16. The maximum atomic E-state index is 11.8. The van der Waals surface area contributed by atoms with Gasteiger partial charge in [0.25, 0.3) is 5.56 Å². The van der Waals surface area contributed by atoms with Crippen LogP contribution in [0.2, 0.25) is 15.2 Å².